The van der Waals surface area contributed by atoms with Gasteiger partial charge < -0.3 is 21.5 Å². The summed E-state index contributed by atoms with van der Waals surface area (Å²) in [6, 6.07) is 4.59. The summed E-state index contributed by atoms with van der Waals surface area (Å²) in [5.74, 6) is -0.393. The molecule has 0 bridgehead atoms. The first-order chi connectivity index (χ1) is 8.00. The Bertz CT molecular complexity index is 437. The molecular weight excluding hydrogens is 246 g/mol. The van der Waals surface area contributed by atoms with Gasteiger partial charge in [0.15, 0.2) is 0 Å². The molecular formula is C10H12ClN3O3. The average molecular weight is 258 g/mol. The first-order valence-corrected chi connectivity index (χ1v) is 5.14. The van der Waals surface area contributed by atoms with E-state index in [1.807, 2.05) is 0 Å². The van der Waals surface area contributed by atoms with Crippen LogP contribution in [0.25, 0.3) is 0 Å². The third-order valence-corrected chi connectivity index (χ3v) is 2.20. The van der Waals surface area contributed by atoms with E-state index in [2.05, 4.69) is 10.1 Å². The fourth-order valence-corrected chi connectivity index (χ4v) is 1.33. The SMILES string of the molecule is NC(=O)OCCNC(=O)c1cc(N)ccc1Cl. The van der Waals surface area contributed by atoms with E-state index in [9.17, 15) is 9.59 Å². The van der Waals surface area contributed by atoms with Gasteiger partial charge >= 0.3 is 6.09 Å². The first kappa shape index (κ1) is 13.1. The number of rotatable bonds is 4. The Kier molecular flexibility index (Phi) is 4.59. The van der Waals surface area contributed by atoms with Crippen molar-refractivity contribution in [3.8, 4) is 0 Å². The second kappa shape index (κ2) is 5.95. The molecule has 1 rings (SSSR count). The van der Waals surface area contributed by atoms with Gasteiger partial charge in [-0.3, -0.25) is 4.79 Å². The van der Waals surface area contributed by atoms with E-state index in [0.717, 1.165) is 0 Å². The monoisotopic (exact) mass is 257 g/mol. The Balaban J connectivity index is 2.52. The number of benzene rings is 1. The van der Waals surface area contributed by atoms with Crippen molar-refractivity contribution in [1.29, 1.82) is 0 Å². The van der Waals surface area contributed by atoms with Crippen LogP contribution >= 0.6 is 11.6 Å². The summed E-state index contributed by atoms with van der Waals surface area (Å²) in [6.07, 6.45) is -0.888. The summed E-state index contributed by atoms with van der Waals surface area (Å²) >= 11 is 5.83. The molecule has 0 aliphatic heterocycles. The zero-order chi connectivity index (χ0) is 12.8. The Hall–Kier alpha value is -1.95. The molecule has 6 nitrogen and oxygen atoms in total. The number of carbonyl (C=O) groups excluding carboxylic acids is 2. The van der Waals surface area contributed by atoms with Crippen molar-refractivity contribution < 1.29 is 14.3 Å². The Morgan fingerprint density at radius 2 is 2.12 bits per heavy atom. The van der Waals surface area contributed by atoms with Crippen LogP contribution in [-0.2, 0) is 4.74 Å². The number of nitrogen functional groups attached to an aromatic ring is 1. The summed E-state index contributed by atoms with van der Waals surface area (Å²) in [7, 11) is 0. The summed E-state index contributed by atoms with van der Waals surface area (Å²) in [4.78, 5) is 21.9. The molecule has 7 heteroatoms. The molecule has 1 aromatic carbocycles. The number of primary amides is 1. The van der Waals surface area contributed by atoms with E-state index in [1.54, 1.807) is 6.07 Å². The largest absolute Gasteiger partial charge is 0.448 e. The molecule has 17 heavy (non-hydrogen) atoms. The summed E-state index contributed by atoms with van der Waals surface area (Å²) in [6.45, 7) is 0.147. The third-order valence-electron chi connectivity index (χ3n) is 1.87. The molecule has 0 spiro atoms. The van der Waals surface area contributed by atoms with Crippen LogP contribution in [0.2, 0.25) is 5.02 Å². The molecule has 0 atom stereocenters. The standard InChI is InChI=1S/C10H12ClN3O3/c11-8-2-1-6(12)5-7(8)9(15)14-3-4-17-10(13)16/h1-2,5H,3-4,12H2,(H2,13,16)(H,14,15). The second-order valence-corrected chi connectivity index (χ2v) is 3.57. The van der Waals surface area contributed by atoms with Crippen molar-refractivity contribution in [3.05, 3.63) is 28.8 Å². The normalized spacial score (nSPS) is 9.71. The van der Waals surface area contributed by atoms with Gasteiger partial charge in [-0.15, -0.1) is 0 Å². The number of hydrogen-bond donors (Lipinski definition) is 3. The Morgan fingerprint density at radius 3 is 2.76 bits per heavy atom. The van der Waals surface area contributed by atoms with Crippen LogP contribution in [-0.4, -0.2) is 25.2 Å². The molecule has 92 valence electrons. The van der Waals surface area contributed by atoms with Gasteiger partial charge in [-0.1, -0.05) is 11.6 Å². The van der Waals surface area contributed by atoms with Crippen molar-refractivity contribution in [3.63, 3.8) is 0 Å². The highest BCUT2D eigenvalue weighted by atomic mass is 35.5. The quantitative estimate of drug-likeness (QED) is 0.546. The summed E-state index contributed by atoms with van der Waals surface area (Å²) < 4.78 is 4.45. The van der Waals surface area contributed by atoms with Gasteiger partial charge in [-0.2, -0.15) is 0 Å². The molecule has 0 aromatic heterocycles. The van der Waals surface area contributed by atoms with E-state index < -0.39 is 12.0 Å². The van der Waals surface area contributed by atoms with Crippen LogP contribution in [0.4, 0.5) is 10.5 Å². The smallest absolute Gasteiger partial charge is 0.404 e. The molecule has 0 unspecified atom stereocenters. The van der Waals surface area contributed by atoms with Crippen LogP contribution in [0, 0.1) is 0 Å². The van der Waals surface area contributed by atoms with Crippen LogP contribution in [0.5, 0.6) is 0 Å². The molecule has 0 aliphatic carbocycles. The van der Waals surface area contributed by atoms with E-state index in [1.165, 1.54) is 12.1 Å². The minimum atomic E-state index is -0.888. The van der Waals surface area contributed by atoms with Crippen LogP contribution in [0.1, 0.15) is 10.4 Å². The second-order valence-electron chi connectivity index (χ2n) is 3.16. The van der Waals surface area contributed by atoms with E-state index in [4.69, 9.17) is 23.1 Å². The third kappa shape index (κ3) is 4.20. The molecule has 0 saturated heterocycles. The summed E-state index contributed by atoms with van der Waals surface area (Å²) in [5.41, 5.74) is 11.0. The van der Waals surface area contributed by atoms with Gasteiger partial charge in [0.2, 0.25) is 0 Å². The van der Waals surface area contributed by atoms with Gasteiger partial charge in [-0.25, -0.2) is 4.79 Å². The van der Waals surface area contributed by atoms with Crippen molar-refractivity contribution in [2.75, 3.05) is 18.9 Å². The number of amides is 2. The minimum absolute atomic E-state index is 0.00100. The lowest BCUT2D eigenvalue weighted by atomic mass is 10.2. The van der Waals surface area contributed by atoms with Gasteiger partial charge in [0.1, 0.15) is 6.61 Å². The maximum absolute atomic E-state index is 11.6. The molecule has 0 fully saturated rings. The average Bonchev–Trinajstić information content (AvgIpc) is 2.27. The predicted octanol–water partition coefficient (Wildman–Crippen LogP) is 0.747. The van der Waals surface area contributed by atoms with Gasteiger partial charge in [0.25, 0.3) is 5.91 Å². The zero-order valence-corrected chi connectivity index (χ0v) is 9.66. The molecule has 2 amide bonds. The lowest BCUT2D eigenvalue weighted by Gasteiger charge is -2.07. The molecule has 0 heterocycles. The maximum Gasteiger partial charge on any atom is 0.404 e. The number of halogens is 1. The molecule has 0 radical (unpaired) electrons. The Morgan fingerprint density at radius 1 is 1.41 bits per heavy atom. The van der Waals surface area contributed by atoms with Crippen molar-refractivity contribution in [2.24, 2.45) is 5.73 Å². The Labute approximate surface area is 103 Å². The van der Waals surface area contributed by atoms with E-state index in [-0.39, 0.29) is 18.7 Å². The van der Waals surface area contributed by atoms with Crippen LogP contribution in [0.15, 0.2) is 18.2 Å². The lowest BCUT2D eigenvalue weighted by molar-refractivity contribution is 0.0937. The van der Waals surface area contributed by atoms with Crippen LogP contribution < -0.4 is 16.8 Å². The fourth-order valence-electron chi connectivity index (χ4n) is 1.13. The van der Waals surface area contributed by atoms with Gasteiger partial charge in [0.05, 0.1) is 17.1 Å². The summed E-state index contributed by atoms with van der Waals surface area (Å²) in [5, 5.41) is 2.81. The molecule has 0 saturated carbocycles. The molecule has 0 aliphatic rings. The zero-order valence-electron chi connectivity index (χ0n) is 8.90. The van der Waals surface area contributed by atoms with Gasteiger partial charge in [-0.05, 0) is 18.2 Å². The molecule has 5 N–H and O–H groups in total. The number of carbonyl (C=O) groups is 2. The highest BCUT2D eigenvalue weighted by molar-refractivity contribution is 6.34. The van der Waals surface area contributed by atoms with Crippen molar-refractivity contribution >= 4 is 29.3 Å². The lowest BCUT2D eigenvalue weighted by Crippen LogP contribution is -2.29. The maximum atomic E-state index is 11.6. The van der Waals surface area contributed by atoms with E-state index >= 15 is 0 Å². The number of nitrogens with one attached hydrogen (secondary N) is 1. The number of nitrogens with two attached hydrogens (primary N) is 2. The van der Waals surface area contributed by atoms with Crippen LogP contribution in [0.3, 0.4) is 0 Å². The fraction of sp³-hybridized carbons (Fsp3) is 0.200. The molecule has 1 aromatic rings. The number of anilines is 1. The topological polar surface area (TPSA) is 107 Å². The van der Waals surface area contributed by atoms with E-state index in [0.29, 0.717) is 10.7 Å². The number of ether oxygens (including phenoxy) is 1. The van der Waals surface area contributed by atoms with Crippen molar-refractivity contribution in [2.45, 2.75) is 0 Å². The number of hydrogen-bond acceptors (Lipinski definition) is 4. The first-order valence-electron chi connectivity index (χ1n) is 4.76. The highest BCUT2D eigenvalue weighted by Gasteiger charge is 2.10. The highest BCUT2D eigenvalue weighted by Crippen LogP contribution is 2.18. The van der Waals surface area contributed by atoms with Gasteiger partial charge in [0, 0.05) is 5.69 Å². The minimum Gasteiger partial charge on any atom is -0.448 e. The predicted molar refractivity (Wildman–Crippen MR) is 63.7 cm³/mol. The van der Waals surface area contributed by atoms with Crippen molar-refractivity contribution in [1.82, 2.24) is 5.32 Å².